The third kappa shape index (κ3) is 3.00. The molecule has 0 atom stereocenters. The van der Waals surface area contributed by atoms with Gasteiger partial charge in [0.2, 0.25) is 0 Å². The standard InChI is InChI=1S/C21H17FN4O2S/c1-2-26-12-23-20-18(9-24-25-21(20)26)14-5-6-19(22)17(8-14)13-3-4-15-10-29(27,28)11-16(15)7-13/h3-9,12H,2,10-11H2,1H3. The lowest BCUT2D eigenvalue weighted by Crippen LogP contribution is -1.96. The van der Waals surface area contributed by atoms with E-state index in [-0.39, 0.29) is 17.3 Å². The number of aromatic nitrogens is 4. The van der Waals surface area contributed by atoms with Gasteiger partial charge in [-0.3, -0.25) is 0 Å². The molecular formula is C21H17FN4O2S. The maximum absolute atomic E-state index is 14.7. The number of sulfone groups is 1. The van der Waals surface area contributed by atoms with Crippen LogP contribution in [-0.2, 0) is 27.9 Å². The van der Waals surface area contributed by atoms with Gasteiger partial charge in [-0.05, 0) is 47.4 Å². The fraction of sp³-hybridized carbons (Fsp3) is 0.190. The predicted octanol–water partition coefficient (Wildman–Crippen LogP) is 3.75. The van der Waals surface area contributed by atoms with Gasteiger partial charge in [0.05, 0.1) is 24.0 Å². The average Bonchev–Trinajstić information content (AvgIpc) is 3.26. The molecule has 1 aliphatic heterocycles. The van der Waals surface area contributed by atoms with E-state index in [1.807, 2.05) is 11.5 Å². The number of imidazole rings is 1. The van der Waals surface area contributed by atoms with Crippen molar-refractivity contribution in [1.82, 2.24) is 19.7 Å². The normalized spacial score (nSPS) is 15.0. The van der Waals surface area contributed by atoms with Crippen molar-refractivity contribution in [3.63, 3.8) is 0 Å². The number of hydrogen-bond acceptors (Lipinski definition) is 5. The zero-order valence-corrected chi connectivity index (χ0v) is 16.4. The highest BCUT2D eigenvalue weighted by molar-refractivity contribution is 7.90. The summed E-state index contributed by atoms with van der Waals surface area (Å²) in [6, 6.07) is 10.2. The van der Waals surface area contributed by atoms with E-state index in [0.29, 0.717) is 22.3 Å². The Balaban J connectivity index is 1.64. The molecule has 146 valence electrons. The Hall–Kier alpha value is -3.13. The first kappa shape index (κ1) is 17.9. The van der Waals surface area contributed by atoms with Crippen molar-refractivity contribution in [2.75, 3.05) is 0 Å². The zero-order valence-electron chi connectivity index (χ0n) is 15.6. The Kier molecular flexibility index (Phi) is 3.99. The van der Waals surface area contributed by atoms with E-state index < -0.39 is 9.84 Å². The molecule has 0 fully saturated rings. The molecule has 2 aromatic carbocycles. The molecule has 6 nitrogen and oxygen atoms in total. The number of fused-ring (bicyclic) bond motifs is 2. The summed E-state index contributed by atoms with van der Waals surface area (Å²) in [5.41, 5.74) is 5.52. The molecule has 0 unspecified atom stereocenters. The monoisotopic (exact) mass is 408 g/mol. The van der Waals surface area contributed by atoms with Crippen molar-refractivity contribution in [2.24, 2.45) is 0 Å². The van der Waals surface area contributed by atoms with Gasteiger partial charge in [0.1, 0.15) is 11.3 Å². The zero-order chi connectivity index (χ0) is 20.2. The van der Waals surface area contributed by atoms with Crippen LogP contribution in [-0.4, -0.2) is 28.2 Å². The van der Waals surface area contributed by atoms with Crippen molar-refractivity contribution < 1.29 is 12.8 Å². The maximum atomic E-state index is 14.7. The molecule has 0 bridgehead atoms. The number of hydrogen-bond donors (Lipinski definition) is 0. The minimum atomic E-state index is -3.11. The fourth-order valence-corrected chi connectivity index (χ4v) is 5.42. The van der Waals surface area contributed by atoms with Crippen molar-refractivity contribution in [3.8, 4) is 22.3 Å². The predicted molar refractivity (Wildman–Crippen MR) is 108 cm³/mol. The summed E-state index contributed by atoms with van der Waals surface area (Å²) in [5.74, 6) is -0.320. The van der Waals surface area contributed by atoms with E-state index in [1.54, 1.807) is 42.9 Å². The maximum Gasteiger partial charge on any atom is 0.183 e. The van der Waals surface area contributed by atoms with Crippen LogP contribution in [0.2, 0.25) is 0 Å². The highest BCUT2D eigenvalue weighted by Gasteiger charge is 2.25. The second-order valence-corrected chi connectivity index (χ2v) is 9.24. The highest BCUT2D eigenvalue weighted by atomic mass is 32.2. The summed E-state index contributed by atoms with van der Waals surface area (Å²) in [6.07, 6.45) is 3.34. The van der Waals surface area contributed by atoms with Gasteiger partial charge in [0.25, 0.3) is 0 Å². The second-order valence-electron chi connectivity index (χ2n) is 7.17. The van der Waals surface area contributed by atoms with E-state index in [1.165, 1.54) is 6.07 Å². The Bertz CT molecular complexity index is 1380. The molecule has 0 aliphatic carbocycles. The molecular weight excluding hydrogens is 391 g/mol. The van der Waals surface area contributed by atoms with E-state index >= 15 is 0 Å². The fourth-order valence-electron chi connectivity index (χ4n) is 3.82. The van der Waals surface area contributed by atoms with Gasteiger partial charge in [0.15, 0.2) is 15.5 Å². The van der Waals surface area contributed by atoms with Gasteiger partial charge in [-0.1, -0.05) is 18.2 Å². The largest absolute Gasteiger partial charge is 0.314 e. The molecule has 0 radical (unpaired) electrons. The number of nitrogens with zero attached hydrogens (tertiary/aromatic N) is 4. The van der Waals surface area contributed by atoms with Crippen LogP contribution >= 0.6 is 0 Å². The van der Waals surface area contributed by atoms with Crippen LogP contribution in [0.4, 0.5) is 4.39 Å². The quantitative estimate of drug-likeness (QED) is 0.516. The lowest BCUT2D eigenvalue weighted by molar-refractivity contribution is 0.598. The Morgan fingerprint density at radius 1 is 1.03 bits per heavy atom. The molecule has 0 amide bonds. The summed E-state index contributed by atoms with van der Waals surface area (Å²) in [7, 11) is -3.11. The molecule has 0 saturated heterocycles. The summed E-state index contributed by atoms with van der Waals surface area (Å²) in [6.45, 7) is 2.72. The number of benzene rings is 2. The molecule has 2 aromatic heterocycles. The van der Waals surface area contributed by atoms with Crippen LogP contribution in [0.5, 0.6) is 0 Å². The topological polar surface area (TPSA) is 77.7 Å². The van der Waals surface area contributed by atoms with Crippen molar-refractivity contribution in [2.45, 2.75) is 25.0 Å². The summed E-state index contributed by atoms with van der Waals surface area (Å²) < 4.78 is 40.4. The smallest absolute Gasteiger partial charge is 0.183 e. The van der Waals surface area contributed by atoms with Crippen molar-refractivity contribution >= 4 is 21.0 Å². The molecule has 8 heteroatoms. The summed E-state index contributed by atoms with van der Waals surface area (Å²) >= 11 is 0. The van der Waals surface area contributed by atoms with Gasteiger partial charge in [0, 0.05) is 17.7 Å². The van der Waals surface area contributed by atoms with Gasteiger partial charge in [-0.25, -0.2) is 17.8 Å². The molecule has 1 aliphatic rings. The van der Waals surface area contributed by atoms with Gasteiger partial charge in [-0.2, -0.15) is 5.10 Å². The molecule has 0 N–H and O–H groups in total. The molecule has 29 heavy (non-hydrogen) atoms. The molecule has 0 saturated carbocycles. The van der Waals surface area contributed by atoms with Crippen LogP contribution in [0.15, 0.2) is 48.9 Å². The number of aryl methyl sites for hydroxylation is 1. The molecule has 0 spiro atoms. The van der Waals surface area contributed by atoms with Crippen LogP contribution in [0.3, 0.4) is 0 Å². The number of halogens is 1. The lowest BCUT2D eigenvalue weighted by atomic mass is 9.96. The van der Waals surface area contributed by atoms with Crippen molar-refractivity contribution in [1.29, 1.82) is 0 Å². The second kappa shape index (κ2) is 6.45. The lowest BCUT2D eigenvalue weighted by Gasteiger charge is -2.09. The third-order valence-corrected chi connectivity index (χ3v) is 6.79. The van der Waals surface area contributed by atoms with Gasteiger partial charge in [-0.15, -0.1) is 5.10 Å². The highest BCUT2D eigenvalue weighted by Crippen LogP contribution is 2.34. The average molecular weight is 408 g/mol. The minimum Gasteiger partial charge on any atom is -0.314 e. The SMILES string of the molecule is CCn1cnc2c(-c3ccc(F)c(-c4ccc5c(c4)CS(=O)(=O)C5)c3)cnnc21. The van der Waals surface area contributed by atoms with Gasteiger partial charge >= 0.3 is 0 Å². The van der Waals surface area contributed by atoms with E-state index in [2.05, 4.69) is 15.2 Å². The molecule has 4 aromatic rings. The van der Waals surface area contributed by atoms with Crippen LogP contribution in [0.25, 0.3) is 33.4 Å². The van der Waals surface area contributed by atoms with E-state index in [0.717, 1.165) is 28.8 Å². The number of rotatable bonds is 3. The van der Waals surface area contributed by atoms with Crippen molar-refractivity contribution in [3.05, 3.63) is 65.9 Å². The Labute approximate surface area is 167 Å². The van der Waals surface area contributed by atoms with Crippen LogP contribution < -0.4 is 0 Å². The van der Waals surface area contributed by atoms with E-state index in [9.17, 15) is 12.8 Å². The Morgan fingerprint density at radius 3 is 2.62 bits per heavy atom. The third-order valence-electron chi connectivity index (χ3n) is 5.29. The first-order valence-corrected chi connectivity index (χ1v) is 11.1. The van der Waals surface area contributed by atoms with Crippen LogP contribution in [0.1, 0.15) is 18.1 Å². The summed E-state index contributed by atoms with van der Waals surface area (Å²) in [4.78, 5) is 4.45. The summed E-state index contributed by atoms with van der Waals surface area (Å²) in [5, 5.41) is 8.26. The first-order chi connectivity index (χ1) is 13.9. The minimum absolute atomic E-state index is 0.000826. The molecule has 5 rings (SSSR count). The van der Waals surface area contributed by atoms with E-state index in [4.69, 9.17) is 0 Å². The van der Waals surface area contributed by atoms with Crippen LogP contribution in [0, 0.1) is 5.82 Å². The van der Waals surface area contributed by atoms with Gasteiger partial charge < -0.3 is 4.57 Å². The first-order valence-electron chi connectivity index (χ1n) is 9.24. The molecule has 3 heterocycles. The Morgan fingerprint density at radius 2 is 1.79 bits per heavy atom.